The highest BCUT2D eigenvalue weighted by atomic mass is 16.5. The molecule has 1 aromatic rings. The summed E-state index contributed by atoms with van der Waals surface area (Å²) in [7, 11) is 1.57. The summed E-state index contributed by atoms with van der Waals surface area (Å²) in [5, 5.41) is 2.74. The number of nitrogens with one attached hydrogen (secondary N) is 1. The quantitative estimate of drug-likeness (QED) is 0.741. The Kier molecular flexibility index (Phi) is 7.39. The van der Waals surface area contributed by atoms with Crippen LogP contribution in [0.5, 0.6) is 5.75 Å². The van der Waals surface area contributed by atoms with Crippen molar-refractivity contribution in [1.82, 2.24) is 5.32 Å². The molecule has 0 bridgehead atoms. The Morgan fingerprint density at radius 1 is 1.14 bits per heavy atom. The largest absolute Gasteiger partial charge is 0.484 e. The molecule has 1 unspecified atom stereocenters. The van der Waals surface area contributed by atoms with E-state index in [1.54, 1.807) is 45.2 Å². The first-order valence-electron chi connectivity index (χ1n) is 7.14. The molecule has 22 heavy (non-hydrogen) atoms. The maximum Gasteiger partial charge on any atom is 0.338 e. The van der Waals surface area contributed by atoms with Crippen LogP contribution >= 0.6 is 0 Å². The second kappa shape index (κ2) is 9.04. The fourth-order valence-corrected chi connectivity index (χ4v) is 1.73. The van der Waals surface area contributed by atoms with Crippen molar-refractivity contribution in [3.8, 4) is 5.75 Å². The van der Waals surface area contributed by atoms with Gasteiger partial charge in [-0.05, 0) is 45.0 Å². The van der Waals surface area contributed by atoms with Crippen LogP contribution in [-0.4, -0.2) is 44.3 Å². The van der Waals surface area contributed by atoms with Crippen molar-refractivity contribution in [2.24, 2.45) is 0 Å². The number of hydrogen-bond acceptors (Lipinski definition) is 5. The molecule has 1 amide bonds. The number of benzene rings is 1. The molecule has 0 fully saturated rings. The maximum atomic E-state index is 11.7. The van der Waals surface area contributed by atoms with E-state index in [0.29, 0.717) is 17.9 Å². The minimum absolute atomic E-state index is 0.0747. The van der Waals surface area contributed by atoms with Crippen LogP contribution in [0.4, 0.5) is 0 Å². The van der Waals surface area contributed by atoms with Gasteiger partial charge in [-0.1, -0.05) is 0 Å². The molecule has 0 saturated heterocycles. The number of methoxy groups -OCH3 is 1. The van der Waals surface area contributed by atoms with Gasteiger partial charge in [0.25, 0.3) is 5.91 Å². The third kappa shape index (κ3) is 6.58. The Bertz CT molecular complexity index is 484. The summed E-state index contributed by atoms with van der Waals surface area (Å²) in [5.74, 6) is -0.101. The number of ether oxygens (including phenoxy) is 3. The average molecular weight is 309 g/mol. The number of carbonyl (C=O) groups excluding carboxylic acids is 2. The maximum absolute atomic E-state index is 11.7. The molecule has 1 aromatic carbocycles. The van der Waals surface area contributed by atoms with Crippen LogP contribution in [0, 0.1) is 0 Å². The van der Waals surface area contributed by atoms with Gasteiger partial charge in [-0.2, -0.15) is 0 Å². The van der Waals surface area contributed by atoms with E-state index in [0.717, 1.165) is 0 Å². The third-order valence-corrected chi connectivity index (χ3v) is 2.63. The third-order valence-electron chi connectivity index (χ3n) is 2.63. The van der Waals surface area contributed by atoms with Gasteiger partial charge in [0.15, 0.2) is 6.61 Å². The Balaban J connectivity index is 2.44. The number of carbonyl (C=O) groups is 2. The first-order valence-corrected chi connectivity index (χ1v) is 7.14. The van der Waals surface area contributed by atoms with Crippen molar-refractivity contribution in [2.75, 3.05) is 20.3 Å². The fraction of sp³-hybridized carbons (Fsp3) is 0.500. The highest BCUT2D eigenvalue weighted by Crippen LogP contribution is 2.13. The summed E-state index contributed by atoms with van der Waals surface area (Å²) in [6, 6.07) is 6.39. The van der Waals surface area contributed by atoms with E-state index in [9.17, 15) is 9.59 Å². The lowest BCUT2D eigenvalue weighted by Gasteiger charge is -2.13. The smallest absolute Gasteiger partial charge is 0.338 e. The Hall–Kier alpha value is -2.08. The van der Waals surface area contributed by atoms with Crippen LogP contribution in [0.3, 0.4) is 0 Å². The predicted molar refractivity (Wildman–Crippen MR) is 82.0 cm³/mol. The number of rotatable bonds is 8. The van der Waals surface area contributed by atoms with E-state index in [1.807, 2.05) is 6.92 Å². The van der Waals surface area contributed by atoms with Gasteiger partial charge in [-0.15, -0.1) is 0 Å². The van der Waals surface area contributed by atoms with Crippen LogP contribution in [0.15, 0.2) is 24.3 Å². The first-order chi connectivity index (χ1) is 10.4. The summed E-state index contributed by atoms with van der Waals surface area (Å²) in [6.45, 7) is 5.77. The summed E-state index contributed by atoms with van der Waals surface area (Å²) in [6.07, 6.45) is -0.166. The first kappa shape index (κ1) is 18.0. The van der Waals surface area contributed by atoms with Crippen molar-refractivity contribution in [2.45, 2.75) is 32.9 Å². The van der Waals surface area contributed by atoms with E-state index in [1.165, 1.54) is 0 Å². The normalized spacial score (nSPS) is 11.9. The Labute approximate surface area is 130 Å². The second-order valence-electron chi connectivity index (χ2n) is 5.19. The molecule has 0 saturated carbocycles. The van der Waals surface area contributed by atoms with Crippen molar-refractivity contribution >= 4 is 11.9 Å². The van der Waals surface area contributed by atoms with Gasteiger partial charge in [-0.3, -0.25) is 4.79 Å². The van der Waals surface area contributed by atoms with Gasteiger partial charge in [0.2, 0.25) is 0 Å². The zero-order chi connectivity index (χ0) is 16.5. The number of hydrogen-bond donors (Lipinski definition) is 1. The van der Waals surface area contributed by atoms with Gasteiger partial charge in [0, 0.05) is 13.2 Å². The van der Waals surface area contributed by atoms with E-state index in [4.69, 9.17) is 14.2 Å². The molecule has 122 valence electrons. The monoisotopic (exact) mass is 309 g/mol. The van der Waals surface area contributed by atoms with Crippen molar-refractivity contribution in [1.29, 1.82) is 0 Å². The van der Waals surface area contributed by atoms with Crippen LogP contribution in [0.2, 0.25) is 0 Å². The van der Waals surface area contributed by atoms with E-state index in [-0.39, 0.29) is 30.6 Å². The lowest BCUT2D eigenvalue weighted by atomic mass is 10.2. The topological polar surface area (TPSA) is 73.9 Å². The van der Waals surface area contributed by atoms with Crippen molar-refractivity contribution in [3.63, 3.8) is 0 Å². The van der Waals surface area contributed by atoms with Crippen LogP contribution in [0.25, 0.3) is 0 Å². The highest BCUT2D eigenvalue weighted by Gasteiger charge is 2.10. The zero-order valence-electron chi connectivity index (χ0n) is 13.4. The van der Waals surface area contributed by atoms with Crippen LogP contribution < -0.4 is 10.1 Å². The molecular weight excluding hydrogens is 286 g/mol. The SMILES string of the molecule is COCC(C)NC(=O)COc1ccc(C(=O)OC(C)C)cc1. The minimum atomic E-state index is -0.382. The molecule has 0 heterocycles. The molecule has 0 aliphatic rings. The average Bonchev–Trinajstić information content (AvgIpc) is 2.45. The summed E-state index contributed by atoms with van der Waals surface area (Å²) < 4.78 is 15.4. The van der Waals surface area contributed by atoms with Gasteiger partial charge in [-0.25, -0.2) is 4.79 Å². The zero-order valence-corrected chi connectivity index (χ0v) is 13.4. The Morgan fingerprint density at radius 3 is 2.32 bits per heavy atom. The van der Waals surface area contributed by atoms with Crippen LogP contribution in [-0.2, 0) is 14.3 Å². The lowest BCUT2D eigenvalue weighted by Crippen LogP contribution is -2.38. The molecule has 6 nitrogen and oxygen atoms in total. The van der Waals surface area contributed by atoms with E-state index < -0.39 is 0 Å². The molecular formula is C16H23NO5. The van der Waals surface area contributed by atoms with Gasteiger partial charge in [0.1, 0.15) is 5.75 Å². The molecule has 0 aliphatic carbocycles. The van der Waals surface area contributed by atoms with Gasteiger partial charge in [0.05, 0.1) is 18.3 Å². The molecule has 1 atom stereocenters. The Morgan fingerprint density at radius 2 is 1.77 bits per heavy atom. The molecule has 0 aliphatic heterocycles. The summed E-state index contributed by atoms with van der Waals surface area (Å²) in [4.78, 5) is 23.3. The standard InChI is InChI=1S/C16H23NO5/c1-11(2)22-16(19)13-5-7-14(8-6-13)21-10-15(18)17-12(3)9-20-4/h5-8,11-12H,9-10H2,1-4H3,(H,17,18). The van der Waals surface area contributed by atoms with Crippen molar-refractivity contribution < 1.29 is 23.8 Å². The minimum Gasteiger partial charge on any atom is -0.484 e. The molecule has 1 N–H and O–H groups in total. The van der Waals surface area contributed by atoms with E-state index >= 15 is 0 Å². The fourth-order valence-electron chi connectivity index (χ4n) is 1.73. The van der Waals surface area contributed by atoms with Crippen molar-refractivity contribution in [3.05, 3.63) is 29.8 Å². The van der Waals surface area contributed by atoms with Crippen LogP contribution in [0.1, 0.15) is 31.1 Å². The number of esters is 1. The highest BCUT2D eigenvalue weighted by molar-refractivity contribution is 5.89. The lowest BCUT2D eigenvalue weighted by molar-refractivity contribution is -0.124. The molecule has 6 heteroatoms. The second-order valence-corrected chi connectivity index (χ2v) is 5.19. The molecule has 1 rings (SSSR count). The molecule has 0 aromatic heterocycles. The van der Waals surface area contributed by atoms with Gasteiger partial charge < -0.3 is 19.5 Å². The summed E-state index contributed by atoms with van der Waals surface area (Å²) >= 11 is 0. The predicted octanol–water partition coefficient (Wildman–Crippen LogP) is 1.78. The van der Waals surface area contributed by atoms with E-state index in [2.05, 4.69) is 5.32 Å². The summed E-state index contributed by atoms with van der Waals surface area (Å²) in [5.41, 5.74) is 0.444. The molecule has 0 radical (unpaired) electrons. The molecule has 0 spiro atoms. The van der Waals surface area contributed by atoms with Gasteiger partial charge >= 0.3 is 5.97 Å². The number of amides is 1.